The van der Waals surface area contributed by atoms with Crippen molar-refractivity contribution in [2.75, 3.05) is 59.8 Å². The molecule has 0 aliphatic carbocycles. The van der Waals surface area contributed by atoms with E-state index in [-0.39, 0.29) is 39.5 Å². The minimum atomic E-state index is -3.38. The highest BCUT2D eigenvalue weighted by Crippen LogP contribution is 2.15. The van der Waals surface area contributed by atoms with Gasteiger partial charge >= 0.3 is 5.97 Å². The number of aliphatic carboxylic acids is 1. The van der Waals surface area contributed by atoms with E-state index in [1.54, 1.807) is 50.1 Å². The van der Waals surface area contributed by atoms with E-state index in [0.717, 1.165) is 0 Å². The van der Waals surface area contributed by atoms with Gasteiger partial charge < -0.3 is 24.6 Å². The van der Waals surface area contributed by atoms with Crippen molar-refractivity contribution < 1.29 is 37.3 Å². The van der Waals surface area contributed by atoms with E-state index in [4.69, 9.17) is 14.2 Å². The van der Waals surface area contributed by atoms with Crippen LogP contribution in [0.25, 0.3) is 0 Å². The van der Waals surface area contributed by atoms with Gasteiger partial charge in [0, 0.05) is 45.4 Å². The monoisotopic (exact) mass is 487 g/mol. The predicted molar refractivity (Wildman–Crippen MR) is 121 cm³/mol. The van der Waals surface area contributed by atoms with Crippen molar-refractivity contribution in [2.24, 2.45) is 0 Å². The number of methoxy groups -OCH3 is 1. The fourth-order valence-electron chi connectivity index (χ4n) is 3.25. The minimum absolute atomic E-state index is 0.0565. The number of benzene rings is 1. The van der Waals surface area contributed by atoms with Crippen LogP contribution in [-0.4, -0.2) is 106 Å². The number of sulfonamides is 1. The molecule has 12 heteroatoms. The third-order valence-electron chi connectivity index (χ3n) is 5.27. The second kappa shape index (κ2) is 12.8. The summed E-state index contributed by atoms with van der Waals surface area (Å²) in [5.74, 6) is -0.959. The molecule has 33 heavy (non-hydrogen) atoms. The average molecular weight is 488 g/mol. The van der Waals surface area contributed by atoms with Crippen LogP contribution in [0.3, 0.4) is 0 Å². The number of hydrogen-bond acceptors (Lipinski definition) is 8. The summed E-state index contributed by atoms with van der Waals surface area (Å²) in [7, 11) is -1.80. The van der Waals surface area contributed by atoms with Crippen LogP contribution in [0.4, 0.5) is 0 Å². The number of carbonyl (C=O) groups excluding carboxylic acids is 1. The highest BCUT2D eigenvalue weighted by atomic mass is 32.2. The molecule has 1 aliphatic heterocycles. The number of piperazine rings is 1. The lowest BCUT2D eigenvalue weighted by atomic mass is 10.1. The molecule has 1 heterocycles. The zero-order valence-electron chi connectivity index (χ0n) is 19.2. The van der Waals surface area contributed by atoms with Crippen molar-refractivity contribution in [3.05, 3.63) is 29.8 Å². The SMILES string of the molecule is COCCOCOc1ccc(C(=O)NC[C@@H](C(=O)O)N2CCN(S(=O)(=O)C(C)C)CC2)cc1. The second-order valence-electron chi connectivity index (χ2n) is 7.78. The van der Waals surface area contributed by atoms with Gasteiger partial charge in [0.25, 0.3) is 5.91 Å². The van der Waals surface area contributed by atoms with E-state index >= 15 is 0 Å². The molecular formula is C21H33N3O8S. The van der Waals surface area contributed by atoms with Crippen LogP contribution in [-0.2, 0) is 24.3 Å². The third kappa shape index (κ3) is 7.93. The summed E-state index contributed by atoms with van der Waals surface area (Å²) in [6, 6.07) is 5.44. The lowest BCUT2D eigenvalue weighted by Crippen LogP contribution is -2.57. The maximum absolute atomic E-state index is 12.5. The van der Waals surface area contributed by atoms with Crippen LogP contribution in [0.2, 0.25) is 0 Å². The topological polar surface area (TPSA) is 135 Å². The molecule has 2 rings (SSSR count). The lowest BCUT2D eigenvalue weighted by Gasteiger charge is -2.37. The van der Waals surface area contributed by atoms with Gasteiger partial charge in [0.2, 0.25) is 10.0 Å². The zero-order valence-corrected chi connectivity index (χ0v) is 20.0. The zero-order chi connectivity index (χ0) is 24.4. The van der Waals surface area contributed by atoms with E-state index in [1.165, 1.54) is 4.31 Å². The summed E-state index contributed by atoms with van der Waals surface area (Å²) in [5, 5.41) is 11.8. The fourth-order valence-corrected chi connectivity index (χ4v) is 4.51. The van der Waals surface area contributed by atoms with E-state index in [1.807, 2.05) is 0 Å². The Morgan fingerprint density at radius 1 is 1.09 bits per heavy atom. The van der Waals surface area contributed by atoms with E-state index in [2.05, 4.69) is 5.32 Å². The number of amides is 1. The number of rotatable bonds is 13. The summed E-state index contributed by atoms with van der Waals surface area (Å²) in [6.07, 6.45) is 0. The molecule has 2 N–H and O–H groups in total. The third-order valence-corrected chi connectivity index (χ3v) is 7.54. The largest absolute Gasteiger partial charge is 0.480 e. The molecule has 1 fully saturated rings. The van der Waals surface area contributed by atoms with Gasteiger partial charge in [-0.15, -0.1) is 0 Å². The molecule has 0 unspecified atom stereocenters. The quantitative estimate of drug-likeness (QED) is 0.296. The summed E-state index contributed by atoms with van der Waals surface area (Å²) in [6.45, 7) is 5.05. The van der Waals surface area contributed by atoms with Crippen molar-refractivity contribution >= 4 is 21.9 Å². The Hall–Kier alpha value is -2.25. The van der Waals surface area contributed by atoms with Crippen LogP contribution in [0.15, 0.2) is 24.3 Å². The van der Waals surface area contributed by atoms with Gasteiger partial charge in [-0.05, 0) is 38.1 Å². The molecule has 0 saturated carbocycles. The first-order chi connectivity index (χ1) is 15.7. The van der Waals surface area contributed by atoms with Crippen molar-refractivity contribution in [1.29, 1.82) is 0 Å². The number of hydrogen-bond donors (Lipinski definition) is 2. The first-order valence-corrected chi connectivity index (χ1v) is 12.2. The minimum Gasteiger partial charge on any atom is -0.480 e. The van der Waals surface area contributed by atoms with E-state index < -0.39 is 33.2 Å². The first kappa shape index (κ1) is 27.0. The summed E-state index contributed by atoms with van der Waals surface area (Å²) in [4.78, 5) is 25.9. The molecule has 1 aromatic rings. The van der Waals surface area contributed by atoms with Gasteiger partial charge in [-0.1, -0.05) is 0 Å². The highest BCUT2D eigenvalue weighted by molar-refractivity contribution is 7.89. The van der Waals surface area contributed by atoms with Crippen LogP contribution >= 0.6 is 0 Å². The number of carboxylic acid groups (broad SMARTS) is 1. The van der Waals surface area contributed by atoms with Crippen molar-refractivity contribution in [3.8, 4) is 5.75 Å². The number of carboxylic acids is 1. The Labute approximate surface area is 194 Å². The number of carbonyl (C=O) groups is 2. The molecule has 0 aromatic heterocycles. The first-order valence-electron chi connectivity index (χ1n) is 10.7. The molecule has 1 aliphatic rings. The Morgan fingerprint density at radius 3 is 2.27 bits per heavy atom. The Balaban J connectivity index is 1.85. The lowest BCUT2D eigenvalue weighted by molar-refractivity contribution is -0.143. The second-order valence-corrected chi connectivity index (χ2v) is 10.3. The number of ether oxygens (including phenoxy) is 3. The smallest absolute Gasteiger partial charge is 0.322 e. The van der Waals surface area contributed by atoms with Crippen LogP contribution in [0.5, 0.6) is 5.75 Å². The van der Waals surface area contributed by atoms with Crippen molar-refractivity contribution in [1.82, 2.24) is 14.5 Å². The number of nitrogens with zero attached hydrogens (tertiary/aromatic N) is 2. The van der Waals surface area contributed by atoms with Gasteiger partial charge in [0.05, 0.1) is 18.5 Å². The summed E-state index contributed by atoms with van der Waals surface area (Å²) in [5.41, 5.74) is 0.361. The number of nitrogens with one attached hydrogen (secondary N) is 1. The fraction of sp³-hybridized carbons (Fsp3) is 0.619. The summed E-state index contributed by atoms with van der Waals surface area (Å²) >= 11 is 0. The molecule has 1 atom stereocenters. The maximum Gasteiger partial charge on any atom is 0.322 e. The molecule has 1 amide bonds. The summed E-state index contributed by atoms with van der Waals surface area (Å²) < 4.78 is 41.5. The Kier molecular flexibility index (Phi) is 10.5. The van der Waals surface area contributed by atoms with E-state index in [0.29, 0.717) is 24.5 Å². The van der Waals surface area contributed by atoms with Gasteiger partial charge in [-0.2, -0.15) is 4.31 Å². The van der Waals surface area contributed by atoms with Gasteiger partial charge in [0.15, 0.2) is 6.79 Å². The molecule has 1 saturated heterocycles. The normalized spacial score (nSPS) is 16.5. The van der Waals surface area contributed by atoms with Gasteiger partial charge in [0.1, 0.15) is 11.8 Å². The van der Waals surface area contributed by atoms with Crippen molar-refractivity contribution in [2.45, 2.75) is 25.1 Å². The average Bonchev–Trinajstić information content (AvgIpc) is 2.79. The van der Waals surface area contributed by atoms with Gasteiger partial charge in [-0.25, -0.2) is 8.42 Å². The van der Waals surface area contributed by atoms with Gasteiger partial charge in [-0.3, -0.25) is 14.5 Å². The molecule has 186 valence electrons. The molecule has 0 radical (unpaired) electrons. The molecule has 1 aromatic carbocycles. The van der Waals surface area contributed by atoms with E-state index in [9.17, 15) is 23.1 Å². The molecule has 11 nitrogen and oxygen atoms in total. The molecular weight excluding hydrogens is 454 g/mol. The molecule has 0 spiro atoms. The van der Waals surface area contributed by atoms with Crippen LogP contribution in [0.1, 0.15) is 24.2 Å². The standard InChI is InChI=1S/C21H33N3O8S/c1-16(2)33(28,29)24-10-8-23(9-11-24)19(21(26)27)14-22-20(25)17-4-6-18(7-5-17)32-15-31-13-12-30-3/h4-7,16,19H,8-15H2,1-3H3,(H,22,25)(H,26,27)/t19-/m0/s1. The predicted octanol–water partition coefficient (Wildman–Crippen LogP) is 0.225. The van der Waals surface area contributed by atoms with Crippen molar-refractivity contribution in [3.63, 3.8) is 0 Å². The Morgan fingerprint density at radius 2 is 1.73 bits per heavy atom. The molecule has 0 bridgehead atoms. The van der Waals surface area contributed by atoms with Crippen LogP contribution in [0, 0.1) is 0 Å². The van der Waals surface area contributed by atoms with Crippen LogP contribution < -0.4 is 10.1 Å². The highest BCUT2D eigenvalue weighted by Gasteiger charge is 2.34. The maximum atomic E-state index is 12.5. The Bertz CT molecular complexity index is 868.